The second-order valence-corrected chi connectivity index (χ2v) is 4.66. The Morgan fingerprint density at radius 1 is 1.32 bits per heavy atom. The van der Waals surface area contributed by atoms with E-state index in [-0.39, 0.29) is 0 Å². The first-order chi connectivity index (χ1) is 8.95. The quantitative estimate of drug-likeness (QED) is 0.585. The second kappa shape index (κ2) is 7.55. The highest BCUT2D eigenvalue weighted by Crippen LogP contribution is 2.33. The van der Waals surface area contributed by atoms with Crippen molar-refractivity contribution >= 4 is 21.6 Å². The highest BCUT2D eigenvalue weighted by molar-refractivity contribution is 9.10. The topological polar surface area (TPSA) is 21.3 Å². The molecule has 0 saturated carbocycles. The minimum Gasteiger partial charge on any atom is -0.382 e. The minimum absolute atomic E-state index is 0.383. The van der Waals surface area contributed by atoms with Crippen molar-refractivity contribution in [3.8, 4) is 0 Å². The molecule has 19 heavy (non-hydrogen) atoms. The molecular formula is C13H15BrF3NO. The molecule has 1 N–H and O–H groups in total. The van der Waals surface area contributed by atoms with Gasteiger partial charge >= 0.3 is 6.18 Å². The lowest BCUT2D eigenvalue weighted by molar-refractivity contribution is -0.137. The van der Waals surface area contributed by atoms with E-state index in [9.17, 15) is 13.2 Å². The summed E-state index contributed by atoms with van der Waals surface area (Å²) in [5.41, 5.74) is -0.0625. The maximum atomic E-state index is 12.5. The van der Waals surface area contributed by atoms with E-state index in [1.54, 1.807) is 6.08 Å². The number of nitrogens with one attached hydrogen (secondary N) is 1. The Morgan fingerprint density at radius 3 is 2.63 bits per heavy atom. The van der Waals surface area contributed by atoms with Crippen LogP contribution >= 0.6 is 15.9 Å². The summed E-state index contributed by atoms with van der Waals surface area (Å²) in [5, 5.41) is 3.00. The van der Waals surface area contributed by atoms with Gasteiger partial charge in [0.05, 0.1) is 18.8 Å². The predicted molar refractivity (Wildman–Crippen MR) is 73.3 cm³/mol. The van der Waals surface area contributed by atoms with E-state index in [2.05, 4.69) is 27.8 Å². The standard InChI is InChI=1S/C13H15BrF3NO/c1-2-3-7-19-8-6-18-12-5-4-10(9-11(12)14)13(15,16)17/h2,4-5,9,18H,1,3,6-8H2. The molecule has 0 unspecified atom stereocenters. The fourth-order valence-electron chi connectivity index (χ4n) is 1.36. The summed E-state index contributed by atoms with van der Waals surface area (Å²) in [6.45, 7) is 5.18. The number of halogens is 4. The Kier molecular flexibility index (Phi) is 6.37. The SMILES string of the molecule is C=CCCOCCNc1ccc(C(F)(F)F)cc1Br. The molecule has 0 aliphatic heterocycles. The maximum absolute atomic E-state index is 12.5. The van der Waals surface area contributed by atoms with Crippen LogP contribution in [0.15, 0.2) is 35.3 Å². The van der Waals surface area contributed by atoms with Gasteiger partial charge in [-0.3, -0.25) is 0 Å². The lowest BCUT2D eigenvalue weighted by atomic mass is 10.2. The van der Waals surface area contributed by atoms with Gasteiger partial charge in [-0.2, -0.15) is 13.2 Å². The van der Waals surface area contributed by atoms with Gasteiger partial charge in [0.2, 0.25) is 0 Å². The monoisotopic (exact) mass is 337 g/mol. The first kappa shape index (κ1) is 16.0. The molecule has 6 heteroatoms. The van der Waals surface area contributed by atoms with Gasteiger partial charge in [-0.1, -0.05) is 6.08 Å². The average Bonchev–Trinajstić information content (AvgIpc) is 2.34. The summed E-state index contributed by atoms with van der Waals surface area (Å²) < 4.78 is 43.0. The summed E-state index contributed by atoms with van der Waals surface area (Å²) >= 11 is 3.12. The van der Waals surface area contributed by atoms with Crippen LogP contribution < -0.4 is 5.32 Å². The predicted octanol–water partition coefficient (Wildman–Crippen LogP) is 4.47. The molecule has 106 valence electrons. The molecule has 0 aromatic heterocycles. The van der Waals surface area contributed by atoms with Gasteiger partial charge in [-0.25, -0.2) is 0 Å². The molecule has 0 bridgehead atoms. The second-order valence-electron chi connectivity index (χ2n) is 3.81. The molecule has 0 fully saturated rings. The lowest BCUT2D eigenvalue weighted by Gasteiger charge is -2.12. The molecular weight excluding hydrogens is 323 g/mol. The van der Waals surface area contributed by atoms with E-state index in [1.165, 1.54) is 6.07 Å². The number of rotatable bonds is 7. The van der Waals surface area contributed by atoms with Crippen LogP contribution in [-0.4, -0.2) is 19.8 Å². The Bertz CT molecular complexity index is 421. The van der Waals surface area contributed by atoms with Crippen molar-refractivity contribution in [2.45, 2.75) is 12.6 Å². The van der Waals surface area contributed by atoms with Crippen LogP contribution in [0.1, 0.15) is 12.0 Å². The van der Waals surface area contributed by atoms with Crippen molar-refractivity contribution in [2.75, 3.05) is 25.1 Å². The van der Waals surface area contributed by atoms with Gasteiger partial charge in [-0.05, 0) is 40.5 Å². The first-order valence-electron chi connectivity index (χ1n) is 5.74. The van der Waals surface area contributed by atoms with Crippen molar-refractivity contribution in [1.82, 2.24) is 0 Å². The van der Waals surface area contributed by atoms with E-state index in [4.69, 9.17) is 4.74 Å². The molecule has 0 saturated heterocycles. The van der Waals surface area contributed by atoms with Crippen LogP contribution in [0, 0.1) is 0 Å². The normalized spacial score (nSPS) is 11.4. The van der Waals surface area contributed by atoms with Gasteiger partial charge in [0.15, 0.2) is 0 Å². The van der Waals surface area contributed by atoms with Crippen molar-refractivity contribution in [1.29, 1.82) is 0 Å². The van der Waals surface area contributed by atoms with E-state index in [0.717, 1.165) is 18.6 Å². The fourth-order valence-corrected chi connectivity index (χ4v) is 1.88. The van der Waals surface area contributed by atoms with Crippen LogP contribution in [0.2, 0.25) is 0 Å². The largest absolute Gasteiger partial charge is 0.416 e. The highest BCUT2D eigenvalue weighted by atomic mass is 79.9. The number of anilines is 1. The van der Waals surface area contributed by atoms with E-state index in [1.807, 2.05) is 0 Å². The van der Waals surface area contributed by atoms with Gasteiger partial charge < -0.3 is 10.1 Å². The molecule has 0 radical (unpaired) electrons. The fraction of sp³-hybridized carbons (Fsp3) is 0.385. The van der Waals surface area contributed by atoms with Gasteiger partial charge in [-0.15, -0.1) is 6.58 Å². The smallest absolute Gasteiger partial charge is 0.382 e. The minimum atomic E-state index is -4.32. The zero-order valence-electron chi connectivity index (χ0n) is 10.3. The van der Waals surface area contributed by atoms with Crippen molar-refractivity contribution in [2.24, 2.45) is 0 Å². The molecule has 0 heterocycles. The number of ether oxygens (including phenoxy) is 1. The highest BCUT2D eigenvalue weighted by Gasteiger charge is 2.30. The Labute approximate surface area is 118 Å². The summed E-state index contributed by atoms with van der Waals surface area (Å²) in [5.74, 6) is 0. The molecule has 0 aliphatic carbocycles. The number of alkyl halides is 3. The summed E-state index contributed by atoms with van der Waals surface area (Å²) in [4.78, 5) is 0. The van der Waals surface area contributed by atoms with Gasteiger partial charge in [0.1, 0.15) is 0 Å². The van der Waals surface area contributed by atoms with Crippen LogP contribution in [0.5, 0.6) is 0 Å². The Balaban J connectivity index is 2.45. The van der Waals surface area contributed by atoms with Crippen molar-refractivity contribution in [3.63, 3.8) is 0 Å². The van der Waals surface area contributed by atoms with Gasteiger partial charge in [0, 0.05) is 16.7 Å². The van der Waals surface area contributed by atoms with Crippen LogP contribution in [0.25, 0.3) is 0 Å². The molecule has 0 atom stereocenters. The van der Waals surface area contributed by atoms with E-state index in [0.29, 0.717) is 29.9 Å². The third-order valence-electron chi connectivity index (χ3n) is 2.32. The maximum Gasteiger partial charge on any atom is 0.416 e. The Morgan fingerprint density at radius 2 is 2.05 bits per heavy atom. The average molecular weight is 338 g/mol. The number of benzene rings is 1. The van der Waals surface area contributed by atoms with Crippen molar-refractivity contribution < 1.29 is 17.9 Å². The summed E-state index contributed by atoms with van der Waals surface area (Å²) in [7, 11) is 0. The molecule has 0 aliphatic rings. The molecule has 0 spiro atoms. The zero-order chi connectivity index (χ0) is 14.3. The van der Waals surface area contributed by atoms with Crippen LogP contribution in [0.4, 0.5) is 18.9 Å². The third kappa shape index (κ3) is 5.65. The van der Waals surface area contributed by atoms with E-state index >= 15 is 0 Å². The molecule has 1 rings (SSSR count). The Hall–Kier alpha value is -1.01. The number of hydrogen-bond acceptors (Lipinski definition) is 2. The molecule has 0 amide bonds. The van der Waals surface area contributed by atoms with Crippen molar-refractivity contribution in [3.05, 3.63) is 40.9 Å². The summed E-state index contributed by atoms with van der Waals surface area (Å²) in [6, 6.07) is 3.50. The number of hydrogen-bond donors (Lipinski definition) is 1. The van der Waals surface area contributed by atoms with E-state index < -0.39 is 11.7 Å². The third-order valence-corrected chi connectivity index (χ3v) is 2.98. The van der Waals surface area contributed by atoms with Crippen LogP contribution in [-0.2, 0) is 10.9 Å². The van der Waals surface area contributed by atoms with Crippen LogP contribution in [0.3, 0.4) is 0 Å². The molecule has 1 aromatic carbocycles. The molecule has 1 aromatic rings. The van der Waals surface area contributed by atoms with Gasteiger partial charge in [0.25, 0.3) is 0 Å². The molecule has 2 nitrogen and oxygen atoms in total. The lowest BCUT2D eigenvalue weighted by Crippen LogP contribution is -2.11. The first-order valence-corrected chi connectivity index (χ1v) is 6.53. The summed E-state index contributed by atoms with van der Waals surface area (Å²) in [6.07, 6.45) is -1.78. The zero-order valence-corrected chi connectivity index (χ0v) is 11.9.